The Morgan fingerprint density at radius 2 is 1.89 bits per heavy atom. The number of hydrogen-bond donors (Lipinski definition) is 1. The molecule has 6 heteroatoms. The van der Waals surface area contributed by atoms with Crippen LogP contribution < -0.4 is 15.1 Å². The van der Waals surface area contributed by atoms with Crippen molar-refractivity contribution in [3.63, 3.8) is 0 Å². The van der Waals surface area contributed by atoms with Gasteiger partial charge in [0, 0.05) is 25.7 Å². The minimum absolute atomic E-state index is 0.0403. The lowest BCUT2D eigenvalue weighted by molar-refractivity contribution is -0.120. The number of benzene rings is 1. The van der Waals surface area contributed by atoms with Crippen molar-refractivity contribution in [2.75, 3.05) is 49.6 Å². The quantitative estimate of drug-likeness (QED) is 0.808. The number of carbonyl (C=O) groups is 2. The summed E-state index contributed by atoms with van der Waals surface area (Å²) >= 11 is 0. The largest absolute Gasteiger partial charge is 0.358 e. The average molecular weight is 370 g/mol. The molecule has 0 aromatic heterocycles. The third kappa shape index (κ3) is 3.68. The van der Waals surface area contributed by atoms with Gasteiger partial charge in [-0.15, -0.1) is 0 Å². The van der Waals surface area contributed by atoms with Gasteiger partial charge >= 0.3 is 0 Å². The number of nitrogens with zero attached hydrogens (tertiary/aromatic N) is 3. The zero-order valence-electron chi connectivity index (χ0n) is 16.2. The fourth-order valence-corrected chi connectivity index (χ4v) is 4.61. The number of anilines is 2. The highest BCUT2D eigenvalue weighted by Gasteiger charge is 2.37. The summed E-state index contributed by atoms with van der Waals surface area (Å²) in [6.45, 7) is 5.04. The van der Waals surface area contributed by atoms with Gasteiger partial charge in [0.1, 0.15) is 6.04 Å². The van der Waals surface area contributed by atoms with Crippen LogP contribution in [0.3, 0.4) is 0 Å². The highest BCUT2D eigenvalue weighted by Crippen LogP contribution is 2.39. The maximum absolute atomic E-state index is 12.7. The molecular formula is C21H30N4O2. The molecule has 6 nitrogen and oxygen atoms in total. The van der Waals surface area contributed by atoms with Crippen molar-refractivity contribution in [1.29, 1.82) is 0 Å². The Hall–Kier alpha value is -2.08. The van der Waals surface area contributed by atoms with E-state index in [-0.39, 0.29) is 17.9 Å². The second kappa shape index (κ2) is 7.89. The molecule has 0 radical (unpaired) electrons. The van der Waals surface area contributed by atoms with Crippen LogP contribution in [-0.4, -0.2) is 62.5 Å². The number of hydrogen-bond acceptors (Lipinski definition) is 4. The van der Waals surface area contributed by atoms with Gasteiger partial charge in [-0.05, 0) is 76.4 Å². The van der Waals surface area contributed by atoms with Crippen LogP contribution >= 0.6 is 0 Å². The summed E-state index contributed by atoms with van der Waals surface area (Å²) in [6.07, 6.45) is 6.71. The van der Waals surface area contributed by atoms with E-state index in [4.69, 9.17) is 0 Å². The Morgan fingerprint density at radius 3 is 2.70 bits per heavy atom. The molecule has 146 valence electrons. The van der Waals surface area contributed by atoms with Crippen LogP contribution in [0.2, 0.25) is 0 Å². The third-order valence-electron chi connectivity index (χ3n) is 6.16. The van der Waals surface area contributed by atoms with Crippen LogP contribution in [-0.2, 0) is 4.79 Å². The van der Waals surface area contributed by atoms with E-state index in [1.54, 1.807) is 4.90 Å². The Bertz CT molecular complexity index is 714. The number of fused-ring (bicyclic) bond motifs is 3. The molecule has 0 unspecified atom stereocenters. The Balaban J connectivity index is 1.41. The first-order valence-electron chi connectivity index (χ1n) is 10.3. The van der Waals surface area contributed by atoms with Gasteiger partial charge in [0.2, 0.25) is 5.91 Å². The van der Waals surface area contributed by atoms with Crippen LogP contribution in [0.25, 0.3) is 0 Å². The van der Waals surface area contributed by atoms with Gasteiger partial charge in [-0.2, -0.15) is 0 Å². The van der Waals surface area contributed by atoms with Crippen molar-refractivity contribution in [2.24, 2.45) is 0 Å². The second-order valence-electron chi connectivity index (χ2n) is 7.96. The number of carbonyl (C=O) groups excluding carboxylic acids is 2. The zero-order chi connectivity index (χ0) is 18.8. The van der Waals surface area contributed by atoms with Gasteiger partial charge in [-0.3, -0.25) is 9.59 Å². The smallest absolute Gasteiger partial charge is 0.251 e. The summed E-state index contributed by atoms with van der Waals surface area (Å²) in [5, 5.41) is 3.03. The van der Waals surface area contributed by atoms with E-state index in [0.29, 0.717) is 12.1 Å². The normalized spacial score (nSPS) is 22.6. The maximum atomic E-state index is 12.7. The molecule has 1 aromatic carbocycles. The first-order chi connectivity index (χ1) is 13.1. The minimum Gasteiger partial charge on any atom is -0.358 e. The molecule has 1 N–H and O–H groups in total. The predicted octanol–water partition coefficient (Wildman–Crippen LogP) is 2.24. The van der Waals surface area contributed by atoms with E-state index in [9.17, 15) is 9.59 Å². The first-order valence-corrected chi connectivity index (χ1v) is 10.3. The lowest BCUT2D eigenvalue weighted by atomic mass is 9.96. The number of piperidine rings is 1. The number of likely N-dealkylation sites (tertiary alicyclic amines) is 1. The van der Waals surface area contributed by atoms with Gasteiger partial charge in [0.05, 0.1) is 11.4 Å². The van der Waals surface area contributed by atoms with Gasteiger partial charge < -0.3 is 20.0 Å². The fraction of sp³-hybridized carbons (Fsp3) is 0.619. The first kappa shape index (κ1) is 18.3. The molecule has 0 aliphatic carbocycles. The van der Waals surface area contributed by atoms with Gasteiger partial charge in [0.15, 0.2) is 0 Å². The van der Waals surface area contributed by atoms with E-state index in [0.717, 1.165) is 50.1 Å². The highest BCUT2D eigenvalue weighted by atomic mass is 16.2. The number of likely N-dealkylation sites (N-methyl/N-ethyl adjacent to an activating group) is 1. The standard InChI is InChI=1S/C21H30N4O2/c1-23-19-15-16(20(26)22-10-6-13-24-11-4-5-12-24)8-9-17(19)25-14-3-2-7-18(25)21(23)27/h8-9,15,18H,2-7,10-14H2,1H3,(H,22,26)/t18-/m1/s1. The molecule has 3 aliphatic rings. The van der Waals surface area contributed by atoms with Crippen molar-refractivity contribution in [3.8, 4) is 0 Å². The SMILES string of the molecule is CN1C(=O)[C@H]2CCCCN2c2ccc(C(=O)NCCCN3CCCC3)cc21. The van der Waals surface area contributed by atoms with E-state index < -0.39 is 0 Å². The Kier molecular flexibility index (Phi) is 5.34. The van der Waals surface area contributed by atoms with E-state index >= 15 is 0 Å². The highest BCUT2D eigenvalue weighted by molar-refractivity contribution is 6.07. The van der Waals surface area contributed by atoms with E-state index in [2.05, 4.69) is 15.1 Å². The lowest BCUT2D eigenvalue weighted by Gasteiger charge is -2.44. The predicted molar refractivity (Wildman–Crippen MR) is 107 cm³/mol. The molecule has 2 saturated heterocycles. The van der Waals surface area contributed by atoms with E-state index in [1.807, 2.05) is 25.2 Å². The molecule has 1 aromatic rings. The summed E-state index contributed by atoms with van der Waals surface area (Å²) < 4.78 is 0. The minimum atomic E-state index is -0.0548. The average Bonchev–Trinajstić information content (AvgIpc) is 3.22. The van der Waals surface area contributed by atoms with Crippen molar-refractivity contribution in [3.05, 3.63) is 23.8 Å². The van der Waals surface area contributed by atoms with Gasteiger partial charge in [-0.1, -0.05) is 0 Å². The number of rotatable bonds is 5. The molecule has 0 spiro atoms. The molecule has 0 bridgehead atoms. The lowest BCUT2D eigenvalue weighted by Crippen LogP contribution is -2.54. The molecule has 1 atom stereocenters. The van der Waals surface area contributed by atoms with Crippen LogP contribution in [0.15, 0.2) is 18.2 Å². The van der Waals surface area contributed by atoms with Crippen molar-refractivity contribution >= 4 is 23.2 Å². The van der Waals surface area contributed by atoms with Crippen LogP contribution in [0, 0.1) is 0 Å². The molecule has 0 saturated carbocycles. The summed E-state index contributed by atoms with van der Waals surface area (Å²) in [7, 11) is 1.82. The van der Waals surface area contributed by atoms with Crippen molar-refractivity contribution in [1.82, 2.24) is 10.2 Å². The van der Waals surface area contributed by atoms with Gasteiger partial charge in [0.25, 0.3) is 5.91 Å². The maximum Gasteiger partial charge on any atom is 0.251 e. The summed E-state index contributed by atoms with van der Waals surface area (Å²) in [4.78, 5) is 31.7. The van der Waals surface area contributed by atoms with Crippen LogP contribution in [0.4, 0.5) is 11.4 Å². The van der Waals surface area contributed by atoms with Crippen molar-refractivity contribution < 1.29 is 9.59 Å². The molecule has 27 heavy (non-hydrogen) atoms. The fourth-order valence-electron chi connectivity index (χ4n) is 4.61. The third-order valence-corrected chi connectivity index (χ3v) is 6.16. The molecule has 2 fully saturated rings. The summed E-state index contributed by atoms with van der Waals surface area (Å²) in [5.41, 5.74) is 2.56. The Morgan fingerprint density at radius 1 is 1.11 bits per heavy atom. The topological polar surface area (TPSA) is 55.9 Å². The number of nitrogens with one attached hydrogen (secondary N) is 1. The molecule has 3 aliphatic heterocycles. The molecular weight excluding hydrogens is 340 g/mol. The van der Waals surface area contributed by atoms with Crippen molar-refractivity contribution in [2.45, 2.75) is 44.6 Å². The van der Waals surface area contributed by atoms with Gasteiger partial charge in [-0.25, -0.2) is 0 Å². The monoisotopic (exact) mass is 370 g/mol. The molecule has 3 heterocycles. The van der Waals surface area contributed by atoms with Crippen LogP contribution in [0.1, 0.15) is 48.9 Å². The molecule has 4 rings (SSSR count). The molecule has 2 amide bonds. The van der Waals surface area contributed by atoms with E-state index in [1.165, 1.54) is 25.9 Å². The summed E-state index contributed by atoms with van der Waals surface area (Å²) in [5.74, 6) is 0.0891. The number of amides is 2. The summed E-state index contributed by atoms with van der Waals surface area (Å²) in [6, 6.07) is 5.73. The zero-order valence-corrected chi connectivity index (χ0v) is 16.2. The Labute approximate surface area is 161 Å². The van der Waals surface area contributed by atoms with Crippen LogP contribution in [0.5, 0.6) is 0 Å². The second-order valence-corrected chi connectivity index (χ2v) is 7.96.